The second-order valence-corrected chi connectivity index (χ2v) is 6.05. The summed E-state index contributed by atoms with van der Waals surface area (Å²) in [6, 6.07) is 12.3. The predicted molar refractivity (Wildman–Crippen MR) is 82.0 cm³/mol. The number of aryl methyl sites for hydroxylation is 1. The second kappa shape index (κ2) is 7.04. The molecule has 0 amide bonds. The van der Waals surface area contributed by atoms with E-state index in [0.29, 0.717) is 10.5 Å². The predicted octanol–water partition coefficient (Wildman–Crippen LogP) is 4.68. The molecule has 0 aliphatic rings. The Morgan fingerprint density at radius 3 is 2.79 bits per heavy atom. The van der Waals surface area contributed by atoms with Crippen molar-refractivity contribution in [2.45, 2.75) is 23.7 Å². The topological polar surface area (TPSA) is 25.2 Å². The Hall–Kier alpha value is -0.900. The maximum absolute atomic E-state index is 5.83. The van der Waals surface area contributed by atoms with Gasteiger partial charge in [0, 0.05) is 5.25 Å². The van der Waals surface area contributed by atoms with Crippen molar-refractivity contribution in [3.63, 3.8) is 0 Å². The first kappa shape index (κ1) is 14.5. The summed E-state index contributed by atoms with van der Waals surface area (Å²) in [7, 11) is 1.97. The van der Waals surface area contributed by atoms with Crippen LogP contribution in [0.5, 0.6) is 0 Å². The van der Waals surface area contributed by atoms with E-state index in [0.717, 1.165) is 18.1 Å². The molecule has 0 aliphatic heterocycles. The number of rotatable bonds is 6. The van der Waals surface area contributed by atoms with Crippen LogP contribution >= 0.6 is 23.4 Å². The van der Waals surface area contributed by atoms with Gasteiger partial charge in [0.2, 0.25) is 0 Å². The van der Waals surface area contributed by atoms with Crippen LogP contribution in [0.1, 0.15) is 22.8 Å². The summed E-state index contributed by atoms with van der Waals surface area (Å²) in [6.07, 6.45) is 1.04. The first-order valence-electron chi connectivity index (χ1n) is 6.32. The van der Waals surface area contributed by atoms with Crippen LogP contribution in [0.15, 0.2) is 45.9 Å². The molecule has 4 heteroatoms. The van der Waals surface area contributed by atoms with Crippen LogP contribution in [0.4, 0.5) is 0 Å². The molecule has 102 valence electrons. The van der Waals surface area contributed by atoms with Gasteiger partial charge in [0.05, 0.1) is 0 Å². The molecule has 19 heavy (non-hydrogen) atoms. The zero-order valence-corrected chi connectivity index (χ0v) is 12.7. The summed E-state index contributed by atoms with van der Waals surface area (Å²) in [5.74, 6) is 0. The molecular formula is C15H18ClNOS. The molecule has 0 saturated carbocycles. The van der Waals surface area contributed by atoms with Crippen LogP contribution in [0, 0.1) is 6.92 Å². The van der Waals surface area contributed by atoms with Gasteiger partial charge in [0.1, 0.15) is 0 Å². The van der Waals surface area contributed by atoms with Crippen LogP contribution < -0.4 is 5.32 Å². The fraction of sp³-hybridized carbons (Fsp3) is 0.333. The summed E-state index contributed by atoms with van der Waals surface area (Å²) < 4.78 is 5.45. The number of benzene rings is 1. The van der Waals surface area contributed by atoms with Crippen molar-refractivity contribution < 1.29 is 4.42 Å². The lowest BCUT2D eigenvalue weighted by Crippen LogP contribution is -2.10. The molecule has 1 aromatic heterocycles. The van der Waals surface area contributed by atoms with Crippen molar-refractivity contribution >= 4 is 23.4 Å². The quantitative estimate of drug-likeness (QED) is 0.783. The van der Waals surface area contributed by atoms with Gasteiger partial charge in [-0.05, 0) is 56.2 Å². The van der Waals surface area contributed by atoms with Crippen LogP contribution in [0.3, 0.4) is 0 Å². The van der Waals surface area contributed by atoms with Gasteiger partial charge in [-0.1, -0.05) is 41.6 Å². The van der Waals surface area contributed by atoms with Crippen LogP contribution in [0.25, 0.3) is 0 Å². The first-order chi connectivity index (χ1) is 9.19. The number of nitrogens with one attached hydrogen (secondary N) is 1. The molecule has 1 unspecified atom stereocenters. The largest absolute Gasteiger partial charge is 0.438 e. The third kappa shape index (κ3) is 4.30. The van der Waals surface area contributed by atoms with Crippen molar-refractivity contribution in [1.82, 2.24) is 5.32 Å². The van der Waals surface area contributed by atoms with E-state index >= 15 is 0 Å². The molecular weight excluding hydrogens is 278 g/mol. The van der Waals surface area contributed by atoms with E-state index in [1.165, 1.54) is 11.1 Å². The lowest BCUT2D eigenvalue weighted by molar-refractivity contribution is 0.475. The van der Waals surface area contributed by atoms with Gasteiger partial charge in [-0.25, -0.2) is 0 Å². The van der Waals surface area contributed by atoms with Crippen molar-refractivity contribution in [3.8, 4) is 0 Å². The maximum Gasteiger partial charge on any atom is 0.194 e. The van der Waals surface area contributed by atoms with Gasteiger partial charge in [-0.2, -0.15) is 0 Å². The van der Waals surface area contributed by atoms with E-state index in [1.807, 2.05) is 13.1 Å². The zero-order chi connectivity index (χ0) is 13.7. The minimum absolute atomic E-state index is 0.370. The number of thioether (sulfide) groups is 1. The summed E-state index contributed by atoms with van der Waals surface area (Å²) in [5.41, 5.74) is 2.61. The van der Waals surface area contributed by atoms with Crippen LogP contribution in [-0.2, 0) is 0 Å². The number of hydrogen-bond donors (Lipinski definition) is 1. The lowest BCUT2D eigenvalue weighted by atomic mass is 10.1. The molecule has 1 atom stereocenters. The highest BCUT2D eigenvalue weighted by Gasteiger charge is 2.15. The van der Waals surface area contributed by atoms with Gasteiger partial charge in [-0.15, -0.1) is 0 Å². The Morgan fingerprint density at radius 2 is 2.16 bits per heavy atom. The van der Waals surface area contributed by atoms with Gasteiger partial charge in [-0.3, -0.25) is 0 Å². The van der Waals surface area contributed by atoms with Crippen molar-refractivity contribution in [1.29, 1.82) is 0 Å². The van der Waals surface area contributed by atoms with Crippen molar-refractivity contribution in [2.24, 2.45) is 0 Å². The highest BCUT2D eigenvalue weighted by atomic mass is 35.5. The van der Waals surface area contributed by atoms with Gasteiger partial charge in [0.15, 0.2) is 10.3 Å². The highest BCUT2D eigenvalue weighted by Crippen LogP contribution is 2.39. The molecule has 0 aliphatic carbocycles. The Bertz CT molecular complexity index is 526. The van der Waals surface area contributed by atoms with E-state index < -0.39 is 0 Å². The van der Waals surface area contributed by atoms with E-state index in [1.54, 1.807) is 17.8 Å². The Morgan fingerprint density at radius 1 is 1.32 bits per heavy atom. The van der Waals surface area contributed by atoms with Crippen LogP contribution in [-0.4, -0.2) is 13.6 Å². The fourth-order valence-corrected chi connectivity index (χ4v) is 3.22. The minimum Gasteiger partial charge on any atom is -0.438 e. The van der Waals surface area contributed by atoms with Crippen molar-refractivity contribution in [2.75, 3.05) is 13.6 Å². The Balaban J connectivity index is 2.15. The second-order valence-electron chi connectivity index (χ2n) is 4.47. The summed E-state index contributed by atoms with van der Waals surface area (Å²) >= 11 is 7.55. The molecule has 0 bridgehead atoms. The number of hydrogen-bond acceptors (Lipinski definition) is 3. The lowest BCUT2D eigenvalue weighted by Gasteiger charge is -2.16. The van der Waals surface area contributed by atoms with Crippen molar-refractivity contribution in [3.05, 3.63) is 52.7 Å². The van der Waals surface area contributed by atoms with Gasteiger partial charge in [0.25, 0.3) is 0 Å². The molecule has 2 aromatic rings. The van der Waals surface area contributed by atoms with E-state index in [9.17, 15) is 0 Å². The zero-order valence-electron chi connectivity index (χ0n) is 11.2. The maximum atomic E-state index is 5.83. The molecule has 0 saturated heterocycles. The molecule has 1 N–H and O–H groups in total. The molecule has 2 rings (SSSR count). The third-order valence-electron chi connectivity index (χ3n) is 2.88. The van der Waals surface area contributed by atoms with E-state index in [-0.39, 0.29) is 0 Å². The van der Waals surface area contributed by atoms with Gasteiger partial charge < -0.3 is 9.73 Å². The number of halogens is 1. The average Bonchev–Trinajstić information content (AvgIpc) is 2.80. The molecule has 0 fully saturated rings. The SMILES string of the molecule is CNCCC(Sc1ccc(Cl)o1)c1cccc(C)c1. The fourth-order valence-electron chi connectivity index (χ4n) is 1.94. The third-order valence-corrected chi connectivity index (χ3v) is 4.32. The monoisotopic (exact) mass is 295 g/mol. The summed E-state index contributed by atoms with van der Waals surface area (Å²) in [6.45, 7) is 3.09. The average molecular weight is 296 g/mol. The minimum atomic E-state index is 0.370. The van der Waals surface area contributed by atoms with Gasteiger partial charge >= 0.3 is 0 Å². The standard InChI is InChI=1S/C15H18ClNOS/c1-11-4-3-5-12(10-11)13(8-9-17-2)19-15-7-6-14(16)18-15/h3-7,10,13,17H,8-9H2,1-2H3. The van der Waals surface area contributed by atoms with E-state index in [4.69, 9.17) is 16.0 Å². The molecule has 1 aromatic carbocycles. The Kier molecular flexibility index (Phi) is 5.37. The molecule has 1 heterocycles. The molecule has 0 spiro atoms. The Labute approximate surface area is 123 Å². The highest BCUT2D eigenvalue weighted by molar-refractivity contribution is 7.99. The smallest absolute Gasteiger partial charge is 0.194 e. The number of furan rings is 1. The van der Waals surface area contributed by atoms with Crippen LogP contribution in [0.2, 0.25) is 5.22 Å². The van der Waals surface area contributed by atoms with E-state index in [2.05, 4.69) is 36.5 Å². The normalized spacial score (nSPS) is 12.6. The summed E-state index contributed by atoms with van der Waals surface area (Å²) in [5, 5.41) is 4.89. The first-order valence-corrected chi connectivity index (χ1v) is 7.58. The molecule has 2 nitrogen and oxygen atoms in total. The molecule has 0 radical (unpaired) electrons. The summed E-state index contributed by atoms with van der Waals surface area (Å²) in [4.78, 5) is 0.